The number of nitrogens with one attached hydrogen (secondary N) is 1. The molecule has 0 saturated carbocycles. The lowest BCUT2D eigenvalue weighted by Crippen LogP contribution is -2.30. The minimum absolute atomic E-state index is 0.292. The van der Waals surface area contributed by atoms with Gasteiger partial charge in [-0.1, -0.05) is 29.8 Å². The van der Waals surface area contributed by atoms with Crippen molar-refractivity contribution in [3.63, 3.8) is 0 Å². The summed E-state index contributed by atoms with van der Waals surface area (Å²) in [4.78, 5) is 24.1. The van der Waals surface area contributed by atoms with Gasteiger partial charge in [-0.3, -0.25) is 4.79 Å². The van der Waals surface area contributed by atoms with Crippen molar-refractivity contribution in [2.45, 2.75) is 19.8 Å². The van der Waals surface area contributed by atoms with E-state index in [9.17, 15) is 9.59 Å². The van der Waals surface area contributed by atoms with Gasteiger partial charge in [0.1, 0.15) is 0 Å². The van der Waals surface area contributed by atoms with Crippen molar-refractivity contribution in [1.82, 2.24) is 5.32 Å². The second-order valence-electron chi connectivity index (χ2n) is 4.92. The summed E-state index contributed by atoms with van der Waals surface area (Å²) in [7, 11) is 1.29. The normalized spacial score (nSPS) is 18.1. The second-order valence-corrected chi connectivity index (χ2v) is 5.67. The standard InChI is InChI=1S/C16H15Cl2NO3/c1-8-12(15(18)20)14(10-6-4-5-7-11(10)17)13(9(2)19-8)16(21)22-3/h4-7,14,19H,1-3H3. The highest BCUT2D eigenvalue weighted by molar-refractivity contribution is 6.68. The van der Waals surface area contributed by atoms with Gasteiger partial charge in [-0.15, -0.1) is 0 Å². The van der Waals surface area contributed by atoms with Gasteiger partial charge in [0.25, 0.3) is 5.24 Å². The maximum atomic E-state index is 12.2. The van der Waals surface area contributed by atoms with E-state index in [1.165, 1.54) is 7.11 Å². The molecule has 1 atom stereocenters. The fraction of sp³-hybridized carbons (Fsp3) is 0.250. The van der Waals surface area contributed by atoms with Crippen LogP contribution in [0.2, 0.25) is 5.02 Å². The number of ether oxygens (including phenoxy) is 1. The lowest BCUT2D eigenvalue weighted by Gasteiger charge is -2.30. The highest BCUT2D eigenvalue weighted by Gasteiger charge is 2.37. The van der Waals surface area contributed by atoms with Gasteiger partial charge in [0, 0.05) is 22.0 Å². The van der Waals surface area contributed by atoms with Gasteiger partial charge in [-0.2, -0.15) is 0 Å². The van der Waals surface area contributed by atoms with E-state index in [2.05, 4.69) is 5.32 Å². The molecule has 0 radical (unpaired) electrons. The molecule has 0 fully saturated rings. The third kappa shape index (κ3) is 2.89. The fourth-order valence-electron chi connectivity index (χ4n) is 2.66. The SMILES string of the molecule is COC(=O)C1=C(C)NC(C)=C(C(=O)Cl)C1c1ccccc1Cl. The highest BCUT2D eigenvalue weighted by Crippen LogP contribution is 2.41. The third-order valence-electron chi connectivity index (χ3n) is 3.59. The number of carbonyl (C=O) groups is 2. The lowest BCUT2D eigenvalue weighted by atomic mass is 9.81. The molecule has 116 valence electrons. The topological polar surface area (TPSA) is 55.4 Å². The number of halogens is 2. The zero-order valence-electron chi connectivity index (χ0n) is 12.4. The molecule has 0 aliphatic carbocycles. The van der Waals surface area contributed by atoms with Crippen molar-refractivity contribution >= 4 is 34.4 Å². The molecule has 1 unspecified atom stereocenters. The molecule has 0 bridgehead atoms. The van der Waals surface area contributed by atoms with Crippen molar-refractivity contribution in [3.8, 4) is 0 Å². The Labute approximate surface area is 138 Å². The number of esters is 1. The van der Waals surface area contributed by atoms with Gasteiger partial charge < -0.3 is 10.1 Å². The van der Waals surface area contributed by atoms with Gasteiger partial charge in [0.2, 0.25) is 0 Å². The molecule has 0 spiro atoms. The molecule has 0 amide bonds. The zero-order chi connectivity index (χ0) is 16.4. The third-order valence-corrected chi connectivity index (χ3v) is 4.14. The molecule has 1 aromatic rings. The summed E-state index contributed by atoms with van der Waals surface area (Å²) in [6.45, 7) is 3.48. The minimum atomic E-state index is -0.660. The van der Waals surface area contributed by atoms with Gasteiger partial charge in [-0.25, -0.2) is 4.79 Å². The van der Waals surface area contributed by atoms with Crippen molar-refractivity contribution in [2.75, 3.05) is 7.11 Å². The summed E-state index contributed by atoms with van der Waals surface area (Å²) in [5.41, 5.74) is 2.45. The van der Waals surface area contributed by atoms with E-state index in [0.29, 0.717) is 33.1 Å². The molecule has 1 aliphatic heterocycles. The minimum Gasteiger partial charge on any atom is -0.466 e. The molecule has 1 aromatic carbocycles. The van der Waals surface area contributed by atoms with Crippen LogP contribution in [-0.4, -0.2) is 18.3 Å². The average molecular weight is 340 g/mol. The number of hydrogen-bond donors (Lipinski definition) is 1. The number of rotatable bonds is 3. The number of methoxy groups -OCH3 is 1. The zero-order valence-corrected chi connectivity index (χ0v) is 13.9. The number of allylic oxidation sites excluding steroid dienone is 3. The molecule has 0 aromatic heterocycles. The lowest BCUT2D eigenvalue weighted by molar-refractivity contribution is -0.136. The Bertz CT molecular complexity index is 707. The van der Waals surface area contributed by atoms with Crippen molar-refractivity contribution in [3.05, 3.63) is 57.4 Å². The van der Waals surface area contributed by atoms with Crippen molar-refractivity contribution < 1.29 is 14.3 Å². The summed E-state index contributed by atoms with van der Waals surface area (Å²) in [6, 6.07) is 7.04. The van der Waals surface area contributed by atoms with E-state index in [-0.39, 0.29) is 0 Å². The molecule has 22 heavy (non-hydrogen) atoms. The number of benzene rings is 1. The Morgan fingerprint density at radius 2 is 1.73 bits per heavy atom. The van der Waals surface area contributed by atoms with Crippen LogP contribution >= 0.6 is 23.2 Å². The number of carbonyl (C=O) groups excluding carboxylic acids is 2. The van der Waals surface area contributed by atoms with Crippen molar-refractivity contribution in [2.24, 2.45) is 0 Å². The molecular weight excluding hydrogens is 325 g/mol. The molecular formula is C16H15Cl2NO3. The Morgan fingerprint density at radius 3 is 2.27 bits per heavy atom. The van der Waals surface area contributed by atoms with Crippen LogP contribution in [0.3, 0.4) is 0 Å². The van der Waals surface area contributed by atoms with Gasteiger partial charge in [0.05, 0.1) is 18.6 Å². The van der Waals surface area contributed by atoms with Crippen LogP contribution in [0.15, 0.2) is 46.8 Å². The van der Waals surface area contributed by atoms with Crippen LogP contribution in [0.4, 0.5) is 0 Å². The molecule has 2 rings (SSSR count). The summed E-state index contributed by atoms with van der Waals surface area (Å²) >= 11 is 12.0. The fourth-order valence-corrected chi connectivity index (χ4v) is 3.15. The first kappa shape index (κ1) is 16.6. The monoisotopic (exact) mass is 339 g/mol. The number of hydrogen-bond acceptors (Lipinski definition) is 4. The van der Waals surface area contributed by atoms with Crippen LogP contribution in [-0.2, 0) is 14.3 Å². The van der Waals surface area contributed by atoms with Crippen LogP contribution in [0.25, 0.3) is 0 Å². The molecule has 1 N–H and O–H groups in total. The molecule has 0 saturated heterocycles. The maximum absolute atomic E-state index is 12.2. The smallest absolute Gasteiger partial charge is 0.336 e. The average Bonchev–Trinajstić information content (AvgIpc) is 2.45. The predicted octanol–water partition coefficient (Wildman–Crippen LogP) is 3.51. The molecule has 4 nitrogen and oxygen atoms in total. The molecule has 6 heteroatoms. The Balaban J connectivity index is 2.73. The van der Waals surface area contributed by atoms with Crippen LogP contribution in [0.5, 0.6) is 0 Å². The largest absolute Gasteiger partial charge is 0.466 e. The van der Waals surface area contributed by atoms with Gasteiger partial charge in [0.15, 0.2) is 0 Å². The highest BCUT2D eigenvalue weighted by atomic mass is 35.5. The quantitative estimate of drug-likeness (QED) is 0.676. The van der Waals surface area contributed by atoms with E-state index in [1.807, 2.05) is 0 Å². The first-order valence-corrected chi connectivity index (χ1v) is 7.35. The van der Waals surface area contributed by atoms with Gasteiger partial charge >= 0.3 is 5.97 Å². The maximum Gasteiger partial charge on any atom is 0.336 e. The molecule has 1 heterocycles. The van der Waals surface area contributed by atoms with Crippen LogP contribution < -0.4 is 5.32 Å². The first-order valence-electron chi connectivity index (χ1n) is 6.59. The van der Waals surface area contributed by atoms with E-state index in [4.69, 9.17) is 27.9 Å². The van der Waals surface area contributed by atoms with Crippen LogP contribution in [0.1, 0.15) is 25.3 Å². The second kappa shape index (κ2) is 6.55. The summed E-state index contributed by atoms with van der Waals surface area (Å²) in [6.07, 6.45) is 0. The Hall–Kier alpha value is -1.78. The van der Waals surface area contributed by atoms with E-state index in [1.54, 1.807) is 38.1 Å². The van der Waals surface area contributed by atoms with Crippen molar-refractivity contribution in [1.29, 1.82) is 0 Å². The summed E-state index contributed by atoms with van der Waals surface area (Å²) in [5, 5.41) is 2.82. The summed E-state index contributed by atoms with van der Waals surface area (Å²) in [5.74, 6) is -1.19. The Morgan fingerprint density at radius 1 is 1.14 bits per heavy atom. The van der Waals surface area contributed by atoms with E-state index >= 15 is 0 Å². The number of dihydropyridines is 1. The summed E-state index contributed by atoms with van der Waals surface area (Å²) < 4.78 is 4.86. The van der Waals surface area contributed by atoms with E-state index < -0.39 is 17.1 Å². The van der Waals surface area contributed by atoms with Crippen LogP contribution in [0, 0.1) is 0 Å². The van der Waals surface area contributed by atoms with Gasteiger partial charge in [-0.05, 0) is 37.1 Å². The van der Waals surface area contributed by atoms with E-state index in [0.717, 1.165) is 0 Å². The first-order chi connectivity index (χ1) is 10.4. The molecule has 1 aliphatic rings. The Kier molecular flexibility index (Phi) is 4.94. The predicted molar refractivity (Wildman–Crippen MR) is 85.6 cm³/mol.